The number of hydrogen-bond donors (Lipinski definition) is 1. The van der Waals surface area contributed by atoms with Crippen molar-refractivity contribution in [3.05, 3.63) is 68.9 Å². The number of thiazole rings is 1. The molecule has 0 saturated carbocycles. The van der Waals surface area contributed by atoms with Gasteiger partial charge in [-0.2, -0.15) is 0 Å². The van der Waals surface area contributed by atoms with Crippen molar-refractivity contribution in [3.63, 3.8) is 0 Å². The topological polar surface area (TPSA) is 67.2 Å². The van der Waals surface area contributed by atoms with Crippen molar-refractivity contribution < 1.29 is 4.79 Å². The third-order valence-corrected chi connectivity index (χ3v) is 7.14. The van der Waals surface area contributed by atoms with E-state index < -0.39 is 0 Å². The zero-order chi connectivity index (χ0) is 21.4. The summed E-state index contributed by atoms with van der Waals surface area (Å²) >= 11 is 7.33. The van der Waals surface area contributed by atoms with Gasteiger partial charge in [0, 0.05) is 47.4 Å². The first-order valence-corrected chi connectivity index (χ1v) is 11.8. The van der Waals surface area contributed by atoms with Gasteiger partial charge >= 0.3 is 0 Å². The second-order valence-corrected chi connectivity index (χ2v) is 9.60. The first-order chi connectivity index (χ1) is 15.0. The van der Waals surface area contributed by atoms with Gasteiger partial charge in [0.2, 0.25) is 0 Å². The molecule has 6 nitrogen and oxygen atoms in total. The van der Waals surface area contributed by atoms with Crippen LogP contribution in [0.3, 0.4) is 0 Å². The molecule has 2 aromatic heterocycles. The predicted octanol–water partition coefficient (Wildman–Crippen LogP) is 3.83. The van der Waals surface area contributed by atoms with Gasteiger partial charge in [-0.15, -0.1) is 11.3 Å². The fraction of sp³-hybridized carbons (Fsp3) is 0.348. The summed E-state index contributed by atoms with van der Waals surface area (Å²) in [5.74, 6) is 0.526. The van der Waals surface area contributed by atoms with Crippen LogP contribution >= 0.6 is 22.9 Å². The number of aromatic nitrogens is 2. The fourth-order valence-electron chi connectivity index (χ4n) is 4.57. The molecule has 0 spiro atoms. The Hall–Kier alpha value is -2.48. The van der Waals surface area contributed by atoms with Gasteiger partial charge in [0.05, 0.1) is 11.3 Å². The molecule has 2 fully saturated rings. The minimum atomic E-state index is -0.216. The smallest absolute Gasteiger partial charge is 0.256 e. The Morgan fingerprint density at radius 1 is 1.16 bits per heavy atom. The summed E-state index contributed by atoms with van der Waals surface area (Å²) in [5.41, 5.74) is 1.94. The minimum absolute atomic E-state index is 0.144. The van der Waals surface area contributed by atoms with Gasteiger partial charge in [0.25, 0.3) is 11.5 Å². The highest BCUT2D eigenvalue weighted by atomic mass is 35.5. The van der Waals surface area contributed by atoms with Gasteiger partial charge in [-0.25, -0.2) is 4.98 Å². The lowest BCUT2D eigenvalue weighted by Crippen LogP contribution is -2.53. The number of amides is 1. The maximum atomic E-state index is 12.9. The number of rotatable bonds is 4. The van der Waals surface area contributed by atoms with Crippen LogP contribution in [0.15, 0.2) is 52.8 Å². The number of hydrogen-bond acceptors (Lipinski definition) is 5. The van der Waals surface area contributed by atoms with Crippen molar-refractivity contribution >= 4 is 28.8 Å². The zero-order valence-corrected chi connectivity index (χ0v) is 18.5. The number of nitrogens with one attached hydrogen (secondary N) is 1. The lowest BCUT2D eigenvalue weighted by Gasteiger charge is -2.41. The fourth-order valence-corrected chi connectivity index (χ4v) is 5.51. The van der Waals surface area contributed by atoms with E-state index in [4.69, 9.17) is 11.6 Å². The minimum Gasteiger partial charge on any atom is -0.348 e. The van der Waals surface area contributed by atoms with Crippen molar-refractivity contribution in [1.29, 1.82) is 0 Å². The molecule has 31 heavy (non-hydrogen) atoms. The molecule has 1 aromatic carbocycles. The van der Waals surface area contributed by atoms with Crippen LogP contribution < -0.4 is 10.9 Å². The molecule has 1 N–H and O–H groups in total. The Kier molecular flexibility index (Phi) is 5.65. The van der Waals surface area contributed by atoms with Gasteiger partial charge < -0.3 is 10.2 Å². The van der Waals surface area contributed by atoms with Crippen molar-refractivity contribution in [3.8, 4) is 16.4 Å². The molecular weight excluding hydrogens is 432 g/mol. The van der Waals surface area contributed by atoms with E-state index in [0.717, 1.165) is 37.3 Å². The van der Waals surface area contributed by atoms with Crippen LogP contribution in [0.25, 0.3) is 16.4 Å². The molecule has 3 atom stereocenters. The van der Waals surface area contributed by atoms with Crippen molar-refractivity contribution in [1.82, 2.24) is 19.8 Å². The maximum absolute atomic E-state index is 12.9. The molecule has 2 bridgehead atoms. The number of carbonyl (C=O) groups excluding carboxylic acids is 1. The molecular formula is C23H23ClN4O2S. The Morgan fingerprint density at radius 3 is 2.81 bits per heavy atom. The summed E-state index contributed by atoms with van der Waals surface area (Å²) in [6.45, 7) is 3.17. The quantitative estimate of drug-likeness (QED) is 0.650. The van der Waals surface area contributed by atoms with Gasteiger partial charge in [-0.05, 0) is 49.9 Å². The average molecular weight is 455 g/mol. The monoisotopic (exact) mass is 454 g/mol. The van der Waals surface area contributed by atoms with Gasteiger partial charge in [-0.3, -0.25) is 14.2 Å². The van der Waals surface area contributed by atoms with E-state index in [0.29, 0.717) is 21.6 Å². The largest absolute Gasteiger partial charge is 0.348 e. The SMILES string of the molecule is O=C(NC1CC2CCCN(C2)C1)c1ccc(=O)n(-c2nc(-c3ccc(Cl)cc3)cs2)c1. The molecule has 2 saturated heterocycles. The van der Waals surface area contributed by atoms with Crippen LogP contribution in [0.1, 0.15) is 29.6 Å². The zero-order valence-electron chi connectivity index (χ0n) is 17.0. The average Bonchev–Trinajstić information content (AvgIpc) is 3.24. The Bertz CT molecular complexity index is 1140. The second kappa shape index (κ2) is 8.57. The summed E-state index contributed by atoms with van der Waals surface area (Å²) in [7, 11) is 0. The molecule has 2 aliphatic heterocycles. The Balaban J connectivity index is 1.35. The van der Waals surface area contributed by atoms with E-state index in [1.54, 1.807) is 12.3 Å². The number of pyridine rings is 1. The number of benzene rings is 1. The van der Waals surface area contributed by atoms with E-state index in [2.05, 4.69) is 15.2 Å². The van der Waals surface area contributed by atoms with Crippen LogP contribution in [0.2, 0.25) is 5.02 Å². The predicted molar refractivity (Wildman–Crippen MR) is 123 cm³/mol. The second-order valence-electron chi connectivity index (χ2n) is 8.32. The molecule has 0 aliphatic carbocycles. The van der Waals surface area contributed by atoms with Crippen molar-refractivity contribution in [2.24, 2.45) is 5.92 Å². The highest BCUT2D eigenvalue weighted by molar-refractivity contribution is 7.12. The Morgan fingerprint density at radius 2 is 2.00 bits per heavy atom. The number of nitrogens with zero attached hydrogens (tertiary/aromatic N) is 3. The lowest BCUT2D eigenvalue weighted by atomic mass is 9.87. The third kappa shape index (κ3) is 4.44. The highest BCUT2D eigenvalue weighted by Crippen LogP contribution is 2.27. The van der Waals surface area contributed by atoms with Gasteiger partial charge in [-0.1, -0.05) is 23.7 Å². The normalized spacial score (nSPS) is 22.8. The molecule has 8 heteroatoms. The number of piperidine rings is 2. The molecule has 3 unspecified atom stereocenters. The van der Waals surface area contributed by atoms with Crippen LogP contribution in [-0.2, 0) is 0 Å². The van der Waals surface area contributed by atoms with E-state index in [1.807, 2.05) is 29.6 Å². The van der Waals surface area contributed by atoms with Crippen LogP contribution in [0.5, 0.6) is 0 Å². The summed E-state index contributed by atoms with van der Waals surface area (Å²) in [4.78, 5) is 32.4. The number of fused-ring (bicyclic) bond motifs is 2. The standard InChI is InChI=1S/C23H23ClN4O2S/c24-18-6-3-16(4-7-18)20-14-31-23(26-20)28-12-17(5-8-21(28)29)22(30)25-19-10-15-2-1-9-27(11-15)13-19/h3-8,12,14-15,19H,1-2,9-11,13H2,(H,25,30). The highest BCUT2D eigenvalue weighted by Gasteiger charge is 2.31. The van der Waals surface area contributed by atoms with E-state index in [9.17, 15) is 9.59 Å². The molecule has 0 radical (unpaired) electrons. The summed E-state index contributed by atoms with van der Waals surface area (Å²) in [5, 5.41) is 6.26. The molecule has 4 heterocycles. The molecule has 5 rings (SSSR count). The Labute approximate surface area is 189 Å². The molecule has 3 aromatic rings. The van der Waals surface area contributed by atoms with E-state index in [1.165, 1.54) is 34.8 Å². The first-order valence-electron chi connectivity index (χ1n) is 10.5. The summed E-state index contributed by atoms with van der Waals surface area (Å²) in [6.07, 6.45) is 5.11. The molecule has 2 aliphatic rings. The van der Waals surface area contributed by atoms with Gasteiger partial charge in [0.15, 0.2) is 5.13 Å². The van der Waals surface area contributed by atoms with E-state index in [-0.39, 0.29) is 17.5 Å². The van der Waals surface area contributed by atoms with Gasteiger partial charge in [0.1, 0.15) is 0 Å². The van der Waals surface area contributed by atoms with Crippen LogP contribution in [-0.4, -0.2) is 46.0 Å². The number of carbonyl (C=O) groups is 1. The lowest BCUT2D eigenvalue weighted by molar-refractivity contribution is 0.0776. The molecule has 160 valence electrons. The first kappa shape index (κ1) is 20.4. The maximum Gasteiger partial charge on any atom is 0.256 e. The van der Waals surface area contributed by atoms with Crippen molar-refractivity contribution in [2.45, 2.75) is 25.3 Å². The molecule has 1 amide bonds. The van der Waals surface area contributed by atoms with Crippen molar-refractivity contribution in [2.75, 3.05) is 19.6 Å². The summed E-state index contributed by atoms with van der Waals surface area (Å²) in [6, 6.07) is 10.6. The van der Waals surface area contributed by atoms with Crippen LogP contribution in [0.4, 0.5) is 0 Å². The van der Waals surface area contributed by atoms with Crippen LogP contribution in [0, 0.1) is 5.92 Å². The third-order valence-electron chi connectivity index (χ3n) is 6.05. The van der Waals surface area contributed by atoms with E-state index >= 15 is 0 Å². The number of halogens is 1. The summed E-state index contributed by atoms with van der Waals surface area (Å²) < 4.78 is 1.44.